The van der Waals surface area contributed by atoms with Crippen molar-refractivity contribution < 1.29 is 28.4 Å². The second kappa shape index (κ2) is 27.9. The Hall–Kier alpha value is -0.100. The maximum atomic E-state index is 11.9. The van der Waals surface area contributed by atoms with Crippen molar-refractivity contribution in [1.29, 1.82) is 0 Å². The van der Waals surface area contributed by atoms with E-state index in [1.807, 2.05) is 6.92 Å². The molecular weight excluding hydrogens is 473 g/mol. The van der Waals surface area contributed by atoms with Crippen molar-refractivity contribution >= 4 is 14.4 Å². The fourth-order valence-corrected chi connectivity index (χ4v) is 4.91. The summed E-state index contributed by atoms with van der Waals surface area (Å²) in [6.45, 7) is 7.28. The standard InChI is InChI=1S/C29H60NO5P/c1-5-7-8-9-10-11-12-13-14-15-16-17-18-20-23-33-26-28(25-29(31)6-2)27-35-36(32)34-24-21-19-22-30(3)4/h28,32H,5-27H2,1-4H3/p+1. The van der Waals surface area contributed by atoms with Crippen LogP contribution < -0.4 is 4.90 Å². The quantitative estimate of drug-likeness (QED) is 0.0831. The van der Waals surface area contributed by atoms with Gasteiger partial charge in [0.05, 0.1) is 40.5 Å². The fourth-order valence-electron chi connectivity index (χ4n) is 4.21. The molecule has 0 aliphatic heterocycles. The third-order valence-corrected chi connectivity index (χ3v) is 7.37. The summed E-state index contributed by atoms with van der Waals surface area (Å²) in [5, 5.41) is 0. The van der Waals surface area contributed by atoms with E-state index in [4.69, 9.17) is 13.8 Å². The molecule has 0 bridgehead atoms. The predicted octanol–water partition coefficient (Wildman–Crippen LogP) is 6.65. The minimum atomic E-state index is -1.89. The van der Waals surface area contributed by atoms with Crippen molar-refractivity contribution in [1.82, 2.24) is 0 Å². The van der Waals surface area contributed by atoms with E-state index in [0.29, 0.717) is 32.7 Å². The average molecular weight is 535 g/mol. The van der Waals surface area contributed by atoms with E-state index in [1.54, 1.807) is 0 Å². The van der Waals surface area contributed by atoms with E-state index < -0.39 is 8.60 Å². The summed E-state index contributed by atoms with van der Waals surface area (Å²) >= 11 is 0. The first kappa shape index (κ1) is 35.9. The molecule has 0 rings (SSSR count). The molecule has 0 aliphatic carbocycles. The molecule has 0 aromatic heterocycles. The minimum Gasteiger partial charge on any atom is -0.381 e. The highest BCUT2D eigenvalue weighted by Gasteiger charge is 2.17. The van der Waals surface area contributed by atoms with E-state index in [-0.39, 0.29) is 11.7 Å². The summed E-state index contributed by atoms with van der Waals surface area (Å²) in [5.41, 5.74) is 0. The molecule has 2 atom stereocenters. The summed E-state index contributed by atoms with van der Waals surface area (Å²) < 4.78 is 16.8. The van der Waals surface area contributed by atoms with Gasteiger partial charge in [0.15, 0.2) is 0 Å². The van der Waals surface area contributed by atoms with Crippen LogP contribution in [0.4, 0.5) is 0 Å². The molecule has 0 heterocycles. The number of rotatable bonds is 29. The molecule has 0 aromatic carbocycles. The molecule has 0 amide bonds. The first-order valence-corrected chi connectivity index (χ1v) is 16.3. The summed E-state index contributed by atoms with van der Waals surface area (Å²) in [6.07, 6.45) is 21.8. The molecule has 0 aromatic rings. The van der Waals surface area contributed by atoms with E-state index in [1.165, 1.54) is 88.4 Å². The number of hydrogen-bond donors (Lipinski definition) is 2. The zero-order chi connectivity index (χ0) is 26.7. The van der Waals surface area contributed by atoms with Gasteiger partial charge in [-0.1, -0.05) is 97.3 Å². The minimum absolute atomic E-state index is 0.0258. The predicted molar refractivity (Wildman–Crippen MR) is 152 cm³/mol. The molecule has 0 aliphatic rings. The number of unbranched alkanes of at least 4 members (excludes halogenated alkanes) is 14. The number of Topliss-reactive ketones (excluding diaryl/α,β-unsaturated/α-hetero) is 1. The van der Waals surface area contributed by atoms with E-state index >= 15 is 0 Å². The van der Waals surface area contributed by atoms with Crippen LogP contribution in [-0.4, -0.2) is 57.7 Å². The molecule has 0 saturated carbocycles. The highest BCUT2D eigenvalue weighted by Crippen LogP contribution is 2.34. The van der Waals surface area contributed by atoms with Crippen LogP contribution in [0.3, 0.4) is 0 Å². The van der Waals surface area contributed by atoms with E-state index in [9.17, 15) is 9.69 Å². The largest absolute Gasteiger partial charge is 0.381 e. The molecule has 2 N–H and O–H groups in total. The van der Waals surface area contributed by atoms with Gasteiger partial charge in [-0.25, -0.2) is 0 Å². The zero-order valence-corrected chi connectivity index (χ0v) is 25.3. The van der Waals surface area contributed by atoms with E-state index in [2.05, 4.69) is 21.0 Å². The lowest BCUT2D eigenvalue weighted by molar-refractivity contribution is -0.858. The second-order valence-corrected chi connectivity index (χ2v) is 11.7. The van der Waals surface area contributed by atoms with Crippen LogP contribution in [-0.2, 0) is 18.6 Å². The Morgan fingerprint density at radius 2 is 1.25 bits per heavy atom. The van der Waals surface area contributed by atoms with Crippen molar-refractivity contribution in [3.63, 3.8) is 0 Å². The van der Waals surface area contributed by atoms with Crippen LogP contribution in [0.25, 0.3) is 0 Å². The maximum absolute atomic E-state index is 11.9. The average Bonchev–Trinajstić information content (AvgIpc) is 2.86. The zero-order valence-electron chi connectivity index (χ0n) is 24.4. The molecule has 36 heavy (non-hydrogen) atoms. The van der Waals surface area contributed by atoms with Gasteiger partial charge in [0.1, 0.15) is 5.78 Å². The topological polar surface area (TPSA) is 69.4 Å². The number of carbonyl (C=O) groups excluding carboxylic acids is 1. The van der Waals surface area contributed by atoms with Crippen molar-refractivity contribution in [3.8, 4) is 0 Å². The Balaban J connectivity index is 3.71. The summed E-state index contributed by atoms with van der Waals surface area (Å²) in [7, 11) is 2.37. The lowest BCUT2D eigenvalue weighted by atomic mass is 10.0. The van der Waals surface area contributed by atoms with Gasteiger partial charge in [-0.2, -0.15) is 0 Å². The first-order chi connectivity index (χ1) is 17.5. The molecule has 7 heteroatoms. The van der Waals surface area contributed by atoms with Gasteiger partial charge in [0.2, 0.25) is 0 Å². The Bertz CT molecular complexity index is 467. The van der Waals surface area contributed by atoms with Crippen LogP contribution in [0, 0.1) is 5.92 Å². The molecule has 0 saturated heterocycles. The monoisotopic (exact) mass is 534 g/mol. The highest BCUT2D eigenvalue weighted by atomic mass is 31.2. The smallest absolute Gasteiger partial charge is 0.329 e. The number of hydrogen-bond acceptors (Lipinski definition) is 5. The molecule has 6 nitrogen and oxygen atoms in total. The molecule has 0 radical (unpaired) electrons. The van der Waals surface area contributed by atoms with Crippen molar-refractivity contribution in [3.05, 3.63) is 0 Å². The second-order valence-electron chi connectivity index (χ2n) is 10.7. The molecule has 0 spiro atoms. The molecular formula is C29H61NO5P+. The third-order valence-electron chi connectivity index (χ3n) is 6.60. The van der Waals surface area contributed by atoms with Gasteiger partial charge in [0.25, 0.3) is 0 Å². The van der Waals surface area contributed by atoms with Gasteiger partial charge >= 0.3 is 8.60 Å². The summed E-state index contributed by atoms with van der Waals surface area (Å²) in [4.78, 5) is 23.3. The number of quaternary nitrogens is 1. The van der Waals surface area contributed by atoms with Gasteiger partial charge in [0, 0.05) is 25.4 Å². The highest BCUT2D eigenvalue weighted by molar-refractivity contribution is 7.40. The van der Waals surface area contributed by atoms with Crippen molar-refractivity contribution in [2.24, 2.45) is 5.92 Å². The van der Waals surface area contributed by atoms with Crippen LogP contribution in [0.2, 0.25) is 0 Å². The normalized spacial score (nSPS) is 13.4. The van der Waals surface area contributed by atoms with Crippen molar-refractivity contribution in [2.45, 2.75) is 129 Å². The number of ether oxygens (including phenoxy) is 1. The van der Waals surface area contributed by atoms with Gasteiger partial charge in [-0.3, -0.25) is 4.79 Å². The van der Waals surface area contributed by atoms with Gasteiger partial charge in [-0.05, 0) is 19.3 Å². The Kier molecular flexibility index (Phi) is 27.8. The molecule has 2 unspecified atom stereocenters. The van der Waals surface area contributed by atoms with Gasteiger partial charge in [-0.15, -0.1) is 0 Å². The van der Waals surface area contributed by atoms with Gasteiger partial charge < -0.3 is 23.6 Å². The number of nitrogens with one attached hydrogen (secondary N) is 1. The Morgan fingerprint density at radius 1 is 0.722 bits per heavy atom. The number of carbonyl (C=O) groups is 1. The molecule has 216 valence electrons. The summed E-state index contributed by atoms with van der Waals surface area (Å²) in [5.74, 6) is 0.181. The Labute approximate surface area is 225 Å². The fraction of sp³-hybridized carbons (Fsp3) is 0.966. The van der Waals surface area contributed by atoms with Crippen molar-refractivity contribution in [2.75, 3.05) is 47.1 Å². The number of ketones is 1. The van der Waals surface area contributed by atoms with Crippen LogP contribution in [0.15, 0.2) is 0 Å². The SMILES string of the molecule is CCCCCCCCCCCCCCCCOCC(COP(O)OCCCC[NH+](C)C)CC(=O)CC. The summed E-state index contributed by atoms with van der Waals surface area (Å²) in [6, 6.07) is 0. The van der Waals surface area contributed by atoms with Crippen LogP contribution in [0.5, 0.6) is 0 Å². The molecule has 0 fully saturated rings. The lowest BCUT2D eigenvalue weighted by Gasteiger charge is -2.18. The van der Waals surface area contributed by atoms with E-state index in [0.717, 1.165) is 32.4 Å². The third kappa shape index (κ3) is 26.9. The van der Waals surface area contributed by atoms with Crippen LogP contribution in [0.1, 0.15) is 129 Å². The first-order valence-electron chi connectivity index (χ1n) is 15.1. The maximum Gasteiger partial charge on any atom is 0.329 e. The Morgan fingerprint density at radius 3 is 1.78 bits per heavy atom. The lowest BCUT2D eigenvalue weighted by Crippen LogP contribution is -3.05. The van der Waals surface area contributed by atoms with Crippen LogP contribution >= 0.6 is 8.60 Å².